The molecular weight excluding hydrogens is 348 g/mol. The SMILES string of the molecule is CCC(=O)OC1COC(OC(=O)CC)C(OC(=O)CC)C1OC(=O)CC. The molecule has 1 rings (SSSR count). The van der Waals surface area contributed by atoms with Crippen LogP contribution in [-0.4, -0.2) is 55.1 Å². The minimum Gasteiger partial charge on any atom is -0.456 e. The lowest BCUT2D eigenvalue weighted by Crippen LogP contribution is -2.58. The van der Waals surface area contributed by atoms with Crippen molar-refractivity contribution in [2.45, 2.75) is 78.0 Å². The second kappa shape index (κ2) is 10.7. The number of rotatable bonds is 8. The number of hydrogen-bond donors (Lipinski definition) is 0. The Bertz CT molecular complexity index is 470. The normalized spacial score (nSPS) is 25.1. The summed E-state index contributed by atoms with van der Waals surface area (Å²) in [5, 5.41) is 0. The van der Waals surface area contributed by atoms with Gasteiger partial charge in [0.25, 0.3) is 0 Å². The van der Waals surface area contributed by atoms with Gasteiger partial charge in [-0.25, -0.2) is 0 Å². The van der Waals surface area contributed by atoms with Gasteiger partial charge in [-0.3, -0.25) is 19.2 Å². The minimum atomic E-state index is -1.26. The number of ether oxygens (including phenoxy) is 5. The van der Waals surface area contributed by atoms with E-state index in [4.69, 9.17) is 23.7 Å². The molecule has 4 unspecified atom stereocenters. The lowest BCUT2D eigenvalue weighted by Gasteiger charge is -2.40. The third-order valence-corrected chi connectivity index (χ3v) is 3.60. The molecule has 1 fully saturated rings. The van der Waals surface area contributed by atoms with Crippen molar-refractivity contribution in [2.24, 2.45) is 0 Å². The van der Waals surface area contributed by atoms with E-state index in [2.05, 4.69) is 0 Å². The Morgan fingerprint density at radius 1 is 0.692 bits per heavy atom. The third kappa shape index (κ3) is 6.29. The molecule has 0 radical (unpaired) electrons. The van der Waals surface area contributed by atoms with Gasteiger partial charge in [-0.05, 0) is 0 Å². The molecular formula is C17H26O9. The molecule has 0 aromatic heterocycles. The quantitative estimate of drug-likeness (QED) is 0.457. The van der Waals surface area contributed by atoms with Gasteiger partial charge < -0.3 is 23.7 Å². The van der Waals surface area contributed by atoms with Crippen LogP contribution >= 0.6 is 0 Å². The molecule has 1 heterocycles. The smallest absolute Gasteiger partial charge is 0.307 e. The maximum Gasteiger partial charge on any atom is 0.307 e. The van der Waals surface area contributed by atoms with Crippen LogP contribution in [0.4, 0.5) is 0 Å². The molecule has 148 valence electrons. The Labute approximate surface area is 152 Å². The van der Waals surface area contributed by atoms with Crippen molar-refractivity contribution >= 4 is 23.9 Å². The average molecular weight is 374 g/mol. The number of hydrogen-bond acceptors (Lipinski definition) is 9. The van der Waals surface area contributed by atoms with Crippen LogP contribution in [0.2, 0.25) is 0 Å². The summed E-state index contributed by atoms with van der Waals surface area (Å²) in [6, 6.07) is 0. The van der Waals surface area contributed by atoms with E-state index in [1.807, 2.05) is 0 Å². The van der Waals surface area contributed by atoms with E-state index >= 15 is 0 Å². The Kier molecular flexibility index (Phi) is 9.04. The standard InChI is InChI=1S/C17H26O9/c1-5-11(18)23-10-9-22-17(26-14(21)8-4)16(25-13(20)7-3)15(10)24-12(19)6-2/h10,15-17H,5-9H2,1-4H3. The zero-order valence-corrected chi connectivity index (χ0v) is 15.5. The molecule has 0 N–H and O–H groups in total. The molecule has 9 nitrogen and oxygen atoms in total. The third-order valence-electron chi connectivity index (χ3n) is 3.60. The van der Waals surface area contributed by atoms with E-state index in [0.29, 0.717) is 0 Å². The van der Waals surface area contributed by atoms with Gasteiger partial charge in [0, 0.05) is 25.7 Å². The molecule has 0 aromatic rings. The Morgan fingerprint density at radius 2 is 1.12 bits per heavy atom. The molecule has 0 aromatic carbocycles. The molecule has 0 aliphatic carbocycles. The van der Waals surface area contributed by atoms with Gasteiger partial charge in [-0.2, -0.15) is 0 Å². The number of carbonyl (C=O) groups excluding carboxylic acids is 4. The lowest BCUT2D eigenvalue weighted by atomic mass is 10.0. The van der Waals surface area contributed by atoms with Crippen molar-refractivity contribution in [3.8, 4) is 0 Å². The predicted octanol–water partition coefficient (Wildman–Crippen LogP) is 1.26. The highest BCUT2D eigenvalue weighted by atomic mass is 16.7. The summed E-state index contributed by atoms with van der Waals surface area (Å²) in [7, 11) is 0. The van der Waals surface area contributed by atoms with E-state index in [1.165, 1.54) is 0 Å². The largest absolute Gasteiger partial charge is 0.456 e. The summed E-state index contributed by atoms with van der Waals surface area (Å²) in [5.41, 5.74) is 0. The van der Waals surface area contributed by atoms with Crippen molar-refractivity contribution in [2.75, 3.05) is 6.61 Å². The Balaban J connectivity index is 3.10. The fourth-order valence-electron chi connectivity index (χ4n) is 2.15. The first kappa shape index (κ1) is 21.9. The van der Waals surface area contributed by atoms with E-state index in [0.717, 1.165) is 0 Å². The van der Waals surface area contributed by atoms with Crippen LogP contribution in [0.5, 0.6) is 0 Å². The van der Waals surface area contributed by atoms with Crippen LogP contribution in [0.25, 0.3) is 0 Å². The maximum atomic E-state index is 11.8. The van der Waals surface area contributed by atoms with E-state index < -0.39 is 48.5 Å². The van der Waals surface area contributed by atoms with Gasteiger partial charge in [0.05, 0.1) is 6.61 Å². The van der Waals surface area contributed by atoms with E-state index in [9.17, 15) is 19.2 Å². The van der Waals surface area contributed by atoms with Crippen LogP contribution in [-0.2, 0) is 42.9 Å². The fraction of sp³-hybridized carbons (Fsp3) is 0.765. The summed E-state index contributed by atoms with van der Waals surface area (Å²) in [4.78, 5) is 46.9. The van der Waals surface area contributed by atoms with Crippen LogP contribution < -0.4 is 0 Å². The van der Waals surface area contributed by atoms with Crippen LogP contribution in [0, 0.1) is 0 Å². The molecule has 26 heavy (non-hydrogen) atoms. The van der Waals surface area contributed by atoms with Gasteiger partial charge in [-0.15, -0.1) is 0 Å². The molecule has 0 amide bonds. The zero-order valence-electron chi connectivity index (χ0n) is 15.5. The van der Waals surface area contributed by atoms with Gasteiger partial charge in [0.2, 0.25) is 12.4 Å². The molecule has 1 aliphatic heterocycles. The Hall–Kier alpha value is -2.16. The van der Waals surface area contributed by atoms with Crippen LogP contribution in [0.1, 0.15) is 53.4 Å². The van der Waals surface area contributed by atoms with Crippen LogP contribution in [0.3, 0.4) is 0 Å². The summed E-state index contributed by atoms with van der Waals surface area (Å²) < 4.78 is 26.5. The molecule has 0 spiro atoms. The maximum absolute atomic E-state index is 11.8. The van der Waals surface area contributed by atoms with Crippen molar-refractivity contribution in [3.05, 3.63) is 0 Å². The van der Waals surface area contributed by atoms with Gasteiger partial charge >= 0.3 is 23.9 Å². The Morgan fingerprint density at radius 3 is 1.62 bits per heavy atom. The summed E-state index contributed by atoms with van der Waals surface area (Å²) >= 11 is 0. The molecule has 1 aliphatic rings. The number of esters is 4. The van der Waals surface area contributed by atoms with Crippen LogP contribution in [0.15, 0.2) is 0 Å². The predicted molar refractivity (Wildman–Crippen MR) is 86.6 cm³/mol. The highest BCUT2D eigenvalue weighted by Gasteiger charge is 2.49. The highest BCUT2D eigenvalue weighted by Crippen LogP contribution is 2.26. The molecule has 1 saturated heterocycles. The van der Waals surface area contributed by atoms with Gasteiger partial charge in [0.15, 0.2) is 12.2 Å². The van der Waals surface area contributed by atoms with E-state index in [1.54, 1.807) is 27.7 Å². The first-order valence-electron chi connectivity index (χ1n) is 8.75. The number of carbonyl (C=O) groups is 4. The van der Waals surface area contributed by atoms with E-state index in [-0.39, 0.29) is 32.3 Å². The minimum absolute atomic E-state index is 0.0544. The first-order valence-corrected chi connectivity index (χ1v) is 8.75. The monoisotopic (exact) mass is 374 g/mol. The lowest BCUT2D eigenvalue weighted by molar-refractivity contribution is -0.275. The average Bonchev–Trinajstić information content (AvgIpc) is 2.65. The van der Waals surface area contributed by atoms with Gasteiger partial charge in [0.1, 0.15) is 0 Å². The van der Waals surface area contributed by atoms with Gasteiger partial charge in [-0.1, -0.05) is 27.7 Å². The van der Waals surface area contributed by atoms with Crippen molar-refractivity contribution in [1.82, 2.24) is 0 Å². The topological polar surface area (TPSA) is 114 Å². The fourth-order valence-corrected chi connectivity index (χ4v) is 2.15. The second-order valence-corrected chi connectivity index (χ2v) is 5.54. The summed E-state index contributed by atoms with van der Waals surface area (Å²) in [5.74, 6) is -2.28. The first-order chi connectivity index (χ1) is 12.4. The highest BCUT2D eigenvalue weighted by molar-refractivity contribution is 5.71. The molecule has 4 atom stereocenters. The summed E-state index contributed by atoms with van der Waals surface area (Å²) in [6.07, 6.45) is -4.30. The molecule has 0 bridgehead atoms. The second-order valence-electron chi connectivity index (χ2n) is 5.54. The van der Waals surface area contributed by atoms with Crippen molar-refractivity contribution < 1.29 is 42.9 Å². The molecule has 9 heteroatoms. The van der Waals surface area contributed by atoms with Crippen molar-refractivity contribution in [3.63, 3.8) is 0 Å². The summed E-state index contributed by atoms with van der Waals surface area (Å²) in [6.45, 7) is 6.21. The zero-order chi connectivity index (χ0) is 19.7. The van der Waals surface area contributed by atoms with Crippen molar-refractivity contribution in [1.29, 1.82) is 0 Å². The molecule has 0 saturated carbocycles.